The van der Waals surface area contributed by atoms with Crippen LogP contribution in [0.5, 0.6) is 0 Å². The normalized spacial score (nSPS) is 13.3. The van der Waals surface area contributed by atoms with E-state index in [-0.39, 0.29) is 44.4 Å². The highest BCUT2D eigenvalue weighted by Crippen LogP contribution is 2.10. The van der Waals surface area contributed by atoms with Crippen LogP contribution in [0.15, 0.2) is 146 Å². The summed E-state index contributed by atoms with van der Waals surface area (Å²) in [6.07, 6.45) is 74.1. The zero-order chi connectivity index (χ0) is 47.2. The maximum Gasteiger partial charge on any atom is 0.306 e. The van der Waals surface area contributed by atoms with Gasteiger partial charge in [0.2, 0.25) is 0 Å². The Balaban J connectivity index is 4.66. The van der Waals surface area contributed by atoms with Gasteiger partial charge >= 0.3 is 17.9 Å². The molecule has 0 bridgehead atoms. The number of rotatable bonds is 43. The highest BCUT2D eigenvalue weighted by molar-refractivity contribution is 5.71. The van der Waals surface area contributed by atoms with E-state index in [1.807, 2.05) is 36.5 Å². The Morgan fingerprint density at radius 3 is 1.11 bits per heavy atom. The molecule has 362 valence electrons. The first-order chi connectivity index (χ1) is 32.0. The number of unbranched alkanes of at least 4 members (excludes halogenated alkanes) is 11. The first-order valence-corrected chi connectivity index (χ1v) is 25.4. The number of esters is 3. The maximum absolute atomic E-state index is 12.8. The summed E-state index contributed by atoms with van der Waals surface area (Å²) in [5.41, 5.74) is 0. The van der Waals surface area contributed by atoms with Gasteiger partial charge in [0.05, 0.1) is 0 Å². The second-order valence-corrected chi connectivity index (χ2v) is 16.1. The Morgan fingerprint density at radius 1 is 0.338 bits per heavy atom. The smallest absolute Gasteiger partial charge is 0.306 e. The molecule has 6 heteroatoms. The van der Waals surface area contributed by atoms with E-state index in [1.54, 1.807) is 0 Å². The average molecular weight is 895 g/mol. The van der Waals surface area contributed by atoms with Crippen LogP contribution in [0, 0.1) is 0 Å². The molecular weight excluding hydrogens is 805 g/mol. The van der Waals surface area contributed by atoms with E-state index in [1.165, 1.54) is 51.4 Å². The highest BCUT2D eigenvalue weighted by atomic mass is 16.6. The standard InChI is InChI=1S/C59H90O6/c1-4-7-10-13-16-19-22-25-27-29-31-34-37-40-43-46-49-52-58(61)64-55-56(54-63-57(60)51-48-45-42-39-36-33-24-21-18-15-12-9-6-3)65-59(62)53-50-47-44-41-38-35-32-30-28-26-23-20-17-14-11-8-5-2/h9,12,15-21,24-28,31-36,40-41,43-44,56H,4-8,10-11,13-14,22-23,29-30,37-39,42,45-55H2,1-3H3/b12-9+,18-15+,19-16+,20-17+,24-21+,27-25+,28-26+,34-31+,35-32+,36-33+,43-40+,44-41+. The van der Waals surface area contributed by atoms with Crippen molar-refractivity contribution in [2.75, 3.05) is 13.2 Å². The van der Waals surface area contributed by atoms with E-state index in [4.69, 9.17) is 14.2 Å². The van der Waals surface area contributed by atoms with E-state index in [0.29, 0.717) is 19.3 Å². The predicted octanol–water partition coefficient (Wildman–Crippen LogP) is 16.9. The van der Waals surface area contributed by atoms with Gasteiger partial charge in [0.25, 0.3) is 0 Å². The molecule has 0 fully saturated rings. The molecule has 0 amide bonds. The van der Waals surface area contributed by atoms with E-state index in [0.717, 1.165) is 77.0 Å². The van der Waals surface area contributed by atoms with E-state index in [9.17, 15) is 14.4 Å². The second kappa shape index (κ2) is 51.9. The summed E-state index contributed by atoms with van der Waals surface area (Å²) in [5.74, 6) is -1.11. The summed E-state index contributed by atoms with van der Waals surface area (Å²) in [6, 6.07) is 0. The van der Waals surface area contributed by atoms with Gasteiger partial charge in [-0.3, -0.25) is 14.4 Å². The molecule has 0 spiro atoms. The van der Waals surface area contributed by atoms with Crippen molar-refractivity contribution in [1.82, 2.24) is 0 Å². The molecule has 0 aliphatic heterocycles. The third-order valence-electron chi connectivity index (χ3n) is 9.89. The van der Waals surface area contributed by atoms with Crippen molar-refractivity contribution >= 4 is 17.9 Å². The summed E-state index contributed by atoms with van der Waals surface area (Å²) in [4.78, 5) is 37.9. The highest BCUT2D eigenvalue weighted by Gasteiger charge is 2.19. The van der Waals surface area contributed by atoms with Gasteiger partial charge in [-0.25, -0.2) is 0 Å². The van der Waals surface area contributed by atoms with Gasteiger partial charge in [-0.2, -0.15) is 0 Å². The van der Waals surface area contributed by atoms with Crippen LogP contribution in [0.2, 0.25) is 0 Å². The maximum atomic E-state index is 12.8. The van der Waals surface area contributed by atoms with Crippen molar-refractivity contribution in [3.05, 3.63) is 146 Å². The van der Waals surface area contributed by atoms with Gasteiger partial charge in [-0.15, -0.1) is 0 Å². The van der Waals surface area contributed by atoms with Crippen molar-refractivity contribution in [3.8, 4) is 0 Å². The molecule has 1 atom stereocenters. The number of ether oxygens (including phenoxy) is 3. The zero-order valence-electron chi connectivity index (χ0n) is 41.2. The minimum atomic E-state index is -0.851. The fourth-order valence-corrected chi connectivity index (χ4v) is 6.08. The van der Waals surface area contributed by atoms with Gasteiger partial charge in [0.1, 0.15) is 13.2 Å². The fourth-order valence-electron chi connectivity index (χ4n) is 6.08. The van der Waals surface area contributed by atoms with Crippen LogP contribution in [0.4, 0.5) is 0 Å². The number of carbonyl (C=O) groups excluding carboxylic acids is 3. The second-order valence-electron chi connectivity index (χ2n) is 16.1. The van der Waals surface area contributed by atoms with Gasteiger partial charge in [0, 0.05) is 19.3 Å². The van der Waals surface area contributed by atoms with Gasteiger partial charge in [-0.05, 0) is 116 Å². The van der Waals surface area contributed by atoms with Crippen LogP contribution in [0.3, 0.4) is 0 Å². The molecule has 0 heterocycles. The number of allylic oxidation sites excluding steroid dienone is 24. The van der Waals surface area contributed by atoms with Crippen molar-refractivity contribution < 1.29 is 28.6 Å². The lowest BCUT2D eigenvalue weighted by Crippen LogP contribution is -2.30. The predicted molar refractivity (Wildman–Crippen MR) is 279 cm³/mol. The van der Waals surface area contributed by atoms with E-state index >= 15 is 0 Å². The summed E-state index contributed by atoms with van der Waals surface area (Å²) in [6.45, 7) is 6.28. The molecular formula is C59H90O6. The van der Waals surface area contributed by atoms with Crippen LogP contribution >= 0.6 is 0 Å². The van der Waals surface area contributed by atoms with Crippen molar-refractivity contribution in [3.63, 3.8) is 0 Å². The van der Waals surface area contributed by atoms with Crippen molar-refractivity contribution in [2.24, 2.45) is 0 Å². The topological polar surface area (TPSA) is 78.9 Å². The minimum Gasteiger partial charge on any atom is -0.462 e. The lowest BCUT2D eigenvalue weighted by Gasteiger charge is -2.18. The summed E-state index contributed by atoms with van der Waals surface area (Å²) in [7, 11) is 0. The molecule has 0 rings (SSSR count). The van der Waals surface area contributed by atoms with Crippen LogP contribution in [0.25, 0.3) is 0 Å². The summed E-state index contributed by atoms with van der Waals surface area (Å²) in [5, 5.41) is 0. The Hall–Kier alpha value is -4.71. The molecule has 0 N–H and O–H groups in total. The Bertz CT molecular complexity index is 1490. The van der Waals surface area contributed by atoms with Crippen LogP contribution < -0.4 is 0 Å². The Morgan fingerprint density at radius 2 is 0.677 bits per heavy atom. The average Bonchev–Trinajstić information content (AvgIpc) is 3.30. The molecule has 0 aromatic carbocycles. The van der Waals surface area contributed by atoms with Crippen LogP contribution in [0.1, 0.15) is 188 Å². The molecule has 6 nitrogen and oxygen atoms in total. The number of hydrogen-bond donors (Lipinski definition) is 0. The van der Waals surface area contributed by atoms with Crippen LogP contribution in [-0.4, -0.2) is 37.2 Å². The molecule has 0 radical (unpaired) electrons. The fraction of sp³-hybridized carbons (Fsp3) is 0.542. The minimum absolute atomic E-state index is 0.144. The largest absolute Gasteiger partial charge is 0.462 e. The Kier molecular flexibility index (Phi) is 48.2. The quantitative estimate of drug-likeness (QED) is 0.0199. The molecule has 0 saturated heterocycles. The molecule has 0 saturated carbocycles. The van der Waals surface area contributed by atoms with Crippen molar-refractivity contribution in [2.45, 2.75) is 194 Å². The molecule has 1 unspecified atom stereocenters. The number of hydrogen-bond acceptors (Lipinski definition) is 6. The van der Waals surface area contributed by atoms with Gasteiger partial charge in [0.15, 0.2) is 6.10 Å². The SMILES string of the molecule is CC/C=C/C=C/C=C/C=C/CCCCCC(=O)OCC(COC(=O)CCC/C=C/C/C=C/C/C=C/C/C=C/CCCCC)OC(=O)CCC/C=C/C/C=C/C/C=C/C/C=C/CCCCC. The monoisotopic (exact) mass is 895 g/mol. The lowest BCUT2D eigenvalue weighted by molar-refractivity contribution is -0.167. The molecule has 65 heavy (non-hydrogen) atoms. The lowest BCUT2D eigenvalue weighted by atomic mass is 10.1. The van der Waals surface area contributed by atoms with E-state index < -0.39 is 12.1 Å². The number of carbonyl (C=O) groups is 3. The van der Waals surface area contributed by atoms with Crippen molar-refractivity contribution in [1.29, 1.82) is 0 Å². The molecule has 0 aliphatic rings. The van der Waals surface area contributed by atoms with Crippen LogP contribution in [-0.2, 0) is 28.6 Å². The summed E-state index contributed by atoms with van der Waals surface area (Å²) >= 11 is 0. The molecule has 0 aromatic heterocycles. The first-order valence-electron chi connectivity index (χ1n) is 25.4. The van der Waals surface area contributed by atoms with Gasteiger partial charge < -0.3 is 14.2 Å². The first kappa shape index (κ1) is 60.3. The third kappa shape index (κ3) is 50.2. The zero-order valence-corrected chi connectivity index (χ0v) is 41.2. The third-order valence-corrected chi connectivity index (χ3v) is 9.89. The van der Waals surface area contributed by atoms with E-state index in [2.05, 4.69) is 130 Å². The summed E-state index contributed by atoms with van der Waals surface area (Å²) < 4.78 is 16.6. The Labute approximate surface area is 397 Å². The van der Waals surface area contributed by atoms with Gasteiger partial charge in [-0.1, -0.05) is 199 Å². The molecule has 0 aromatic rings. The molecule has 0 aliphatic carbocycles.